The monoisotopic (exact) mass is 133 g/mol. The van der Waals surface area contributed by atoms with Gasteiger partial charge in [-0.25, -0.2) is 9.59 Å². The summed E-state index contributed by atoms with van der Waals surface area (Å²) < 4.78 is 4.05. The number of rotatable bonds is 2. The summed E-state index contributed by atoms with van der Waals surface area (Å²) in [6.45, 7) is 1.22. The molecule has 0 saturated heterocycles. The SMILES string of the molecule is C[C@H](OC(N)=O)C(=O)O. The number of nitrogens with two attached hydrogens (primary N) is 1. The van der Waals surface area contributed by atoms with Crippen molar-refractivity contribution in [2.75, 3.05) is 0 Å². The first kappa shape index (κ1) is 7.74. The van der Waals surface area contributed by atoms with Crippen molar-refractivity contribution in [1.82, 2.24) is 0 Å². The lowest BCUT2D eigenvalue weighted by Gasteiger charge is -2.03. The molecule has 0 fully saturated rings. The molecule has 0 aromatic carbocycles. The highest BCUT2D eigenvalue weighted by molar-refractivity contribution is 5.76. The predicted molar refractivity (Wildman–Crippen MR) is 27.8 cm³/mol. The molecule has 5 nitrogen and oxygen atoms in total. The van der Waals surface area contributed by atoms with Crippen molar-refractivity contribution in [1.29, 1.82) is 0 Å². The standard InChI is InChI=1S/C4H7NO4/c1-2(3(6)7)9-4(5)8/h2H,1H3,(H2,5,8)(H,6,7)/t2-/m0/s1. The number of amides is 1. The van der Waals surface area contributed by atoms with E-state index in [2.05, 4.69) is 10.5 Å². The minimum Gasteiger partial charge on any atom is -0.479 e. The molecular weight excluding hydrogens is 126 g/mol. The summed E-state index contributed by atoms with van der Waals surface area (Å²) in [6, 6.07) is 0. The Kier molecular flexibility index (Phi) is 2.50. The molecule has 5 heteroatoms. The number of primary amides is 1. The molecule has 0 bridgehead atoms. The Hall–Kier alpha value is -1.26. The molecule has 0 aliphatic heterocycles. The fourth-order valence-electron chi connectivity index (χ4n) is 0.225. The van der Waals surface area contributed by atoms with Crippen LogP contribution in [0.4, 0.5) is 4.79 Å². The number of carbonyl (C=O) groups is 2. The molecule has 0 aromatic rings. The van der Waals surface area contributed by atoms with Gasteiger partial charge in [0, 0.05) is 0 Å². The third-order valence-electron chi connectivity index (χ3n) is 0.641. The second-order valence-corrected chi connectivity index (χ2v) is 1.42. The highest BCUT2D eigenvalue weighted by Crippen LogP contribution is 1.88. The Labute approximate surface area is 51.4 Å². The van der Waals surface area contributed by atoms with E-state index in [0.29, 0.717) is 0 Å². The van der Waals surface area contributed by atoms with Gasteiger partial charge in [-0.15, -0.1) is 0 Å². The van der Waals surface area contributed by atoms with E-state index >= 15 is 0 Å². The number of ether oxygens (including phenoxy) is 1. The van der Waals surface area contributed by atoms with Gasteiger partial charge in [-0.1, -0.05) is 0 Å². The average Bonchev–Trinajstić information content (AvgIpc) is 1.63. The maximum Gasteiger partial charge on any atom is 0.405 e. The van der Waals surface area contributed by atoms with E-state index in [4.69, 9.17) is 5.11 Å². The lowest BCUT2D eigenvalue weighted by atomic mass is 10.4. The molecule has 52 valence electrons. The van der Waals surface area contributed by atoms with Crippen LogP contribution in [0, 0.1) is 0 Å². The van der Waals surface area contributed by atoms with Crippen LogP contribution in [0.25, 0.3) is 0 Å². The summed E-state index contributed by atoms with van der Waals surface area (Å²) in [5.41, 5.74) is 4.51. The van der Waals surface area contributed by atoms with Crippen LogP contribution in [0.15, 0.2) is 0 Å². The predicted octanol–water partition coefficient (Wildman–Crippen LogP) is -0.445. The largest absolute Gasteiger partial charge is 0.479 e. The minimum absolute atomic E-state index is 1.08. The van der Waals surface area contributed by atoms with Gasteiger partial charge in [0.1, 0.15) is 0 Å². The second-order valence-electron chi connectivity index (χ2n) is 1.42. The third kappa shape index (κ3) is 3.33. The van der Waals surface area contributed by atoms with Crippen LogP contribution in [0.5, 0.6) is 0 Å². The van der Waals surface area contributed by atoms with Crippen LogP contribution in [-0.4, -0.2) is 23.3 Å². The molecule has 0 rings (SSSR count). The van der Waals surface area contributed by atoms with E-state index in [9.17, 15) is 9.59 Å². The zero-order valence-corrected chi connectivity index (χ0v) is 4.83. The highest BCUT2D eigenvalue weighted by atomic mass is 16.6. The molecule has 3 N–H and O–H groups in total. The molecule has 0 spiro atoms. The van der Waals surface area contributed by atoms with E-state index in [1.807, 2.05) is 0 Å². The molecule has 0 unspecified atom stereocenters. The van der Waals surface area contributed by atoms with Gasteiger partial charge in [0.05, 0.1) is 0 Å². The van der Waals surface area contributed by atoms with Gasteiger partial charge in [0.2, 0.25) is 0 Å². The molecule has 9 heavy (non-hydrogen) atoms. The van der Waals surface area contributed by atoms with Crippen LogP contribution in [-0.2, 0) is 9.53 Å². The van der Waals surface area contributed by atoms with Crippen molar-refractivity contribution in [3.8, 4) is 0 Å². The zero-order valence-electron chi connectivity index (χ0n) is 4.83. The quantitative estimate of drug-likeness (QED) is 0.534. The van der Waals surface area contributed by atoms with Gasteiger partial charge in [-0.2, -0.15) is 0 Å². The maximum atomic E-state index is 9.90. The summed E-state index contributed by atoms with van der Waals surface area (Å²) in [5.74, 6) is -1.21. The Morgan fingerprint density at radius 3 is 2.22 bits per heavy atom. The van der Waals surface area contributed by atoms with E-state index in [-0.39, 0.29) is 0 Å². The Balaban J connectivity index is 3.63. The summed E-state index contributed by atoms with van der Waals surface area (Å²) in [6.07, 6.45) is -2.24. The Morgan fingerprint density at radius 1 is 1.67 bits per heavy atom. The minimum atomic E-state index is -1.21. The zero-order chi connectivity index (χ0) is 7.44. The second kappa shape index (κ2) is 2.91. The molecule has 1 atom stereocenters. The van der Waals surface area contributed by atoms with Gasteiger partial charge in [0.15, 0.2) is 6.10 Å². The van der Waals surface area contributed by atoms with Crippen LogP contribution < -0.4 is 5.73 Å². The molecular formula is C4H7NO4. The smallest absolute Gasteiger partial charge is 0.405 e. The maximum absolute atomic E-state index is 9.90. The van der Waals surface area contributed by atoms with Crippen molar-refractivity contribution in [3.05, 3.63) is 0 Å². The summed E-state index contributed by atoms with van der Waals surface area (Å²) in [4.78, 5) is 19.8. The van der Waals surface area contributed by atoms with Crippen LogP contribution in [0.3, 0.4) is 0 Å². The van der Waals surface area contributed by atoms with Gasteiger partial charge >= 0.3 is 12.1 Å². The van der Waals surface area contributed by atoms with E-state index in [0.717, 1.165) is 0 Å². The third-order valence-corrected chi connectivity index (χ3v) is 0.641. The number of carboxylic acids is 1. The molecule has 0 radical (unpaired) electrons. The van der Waals surface area contributed by atoms with Gasteiger partial charge in [-0.05, 0) is 6.92 Å². The fourth-order valence-corrected chi connectivity index (χ4v) is 0.225. The first-order valence-corrected chi connectivity index (χ1v) is 2.23. The number of carboxylic acid groups (broad SMARTS) is 1. The summed E-state index contributed by atoms with van der Waals surface area (Å²) >= 11 is 0. The van der Waals surface area contributed by atoms with Crippen LogP contribution in [0.1, 0.15) is 6.92 Å². The number of aliphatic carboxylic acids is 1. The first-order chi connectivity index (χ1) is 4.04. The normalized spacial score (nSPS) is 12.1. The lowest BCUT2D eigenvalue weighted by molar-refractivity contribution is -0.145. The highest BCUT2D eigenvalue weighted by Gasteiger charge is 2.12. The molecule has 0 aromatic heterocycles. The van der Waals surface area contributed by atoms with Crippen LogP contribution in [0.2, 0.25) is 0 Å². The van der Waals surface area contributed by atoms with Crippen molar-refractivity contribution >= 4 is 12.1 Å². The first-order valence-electron chi connectivity index (χ1n) is 2.23. The molecule has 0 aliphatic carbocycles. The number of hydrogen-bond donors (Lipinski definition) is 2. The number of hydrogen-bond acceptors (Lipinski definition) is 3. The Morgan fingerprint density at radius 2 is 2.11 bits per heavy atom. The van der Waals surface area contributed by atoms with Crippen molar-refractivity contribution in [3.63, 3.8) is 0 Å². The molecule has 1 amide bonds. The van der Waals surface area contributed by atoms with Gasteiger partial charge in [-0.3, -0.25) is 0 Å². The molecule has 0 heterocycles. The van der Waals surface area contributed by atoms with Crippen molar-refractivity contribution in [2.24, 2.45) is 5.73 Å². The van der Waals surface area contributed by atoms with Gasteiger partial charge in [0.25, 0.3) is 0 Å². The Bertz CT molecular complexity index is 133. The van der Waals surface area contributed by atoms with Gasteiger partial charge < -0.3 is 15.6 Å². The number of carbonyl (C=O) groups excluding carboxylic acids is 1. The molecule has 0 saturated carbocycles. The summed E-state index contributed by atoms with van der Waals surface area (Å²) in [5, 5.41) is 8.10. The van der Waals surface area contributed by atoms with Crippen molar-refractivity contribution in [2.45, 2.75) is 13.0 Å². The summed E-state index contributed by atoms with van der Waals surface area (Å²) in [7, 11) is 0. The molecule has 0 aliphatic rings. The average molecular weight is 133 g/mol. The lowest BCUT2D eigenvalue weighted by Crippen LogP contribution is -2.26. The fraction of sp³-hybridized carbons (Fsp3) is 0.500. The van der Waals surface area contributed by atoms with Crippen molar-refractivity contribution < 1.29 is 19.4 Å². The van der Waals surface area contributed by atoms with Crippen LogP contribution >= 0.6 is 0 Å². The topological polar surface area (TPSA) is 89.6 Å². The van der Waals surface area contributed by atoms with E-state index in [1.165, 1.54) is 6.92 Å². The van der Waals surface area contributed by atoms with E-state index in [1.54, 1.807) is 0 Å². The van der Waals surface area contributed by atoms with E-state index < -0.39 is 18.2 Å².